The quantitative estimate of drug-likeness (QED) is 0.593. The molecule has 10 heavy (non-hydrogen) atoms. The van der Waals surface area contributed by atoms with E-state index in [-0.39, 0.29) is 0 Å². The van der Waals surface area contributed by atoms with Gasteiger partial charge < -0.3 is 17.2 Å². The van der Waals surface area contributed by atoms with Crippen LogP contribution in [0.2, 0.25) is 0 Å². The van der Waals surface area contributed by atoms with Crippen molar-refractivity contribution in [1.82, 2.24) is 0 Å². The van der Waals surface area contributed by atoms with Crippen LogP contribution in [0.1, 0.15) is 0 Å². The molecule has 0 fully saturated rings. The van der Waals surface area contributed by atoms with Crippen molar-refractivity contribution in [2.45, 2.75) is 0 Å². The average molecular weight is 168 g/mol. The number of rotatable bonds is 2. The summed E-state index contributed by atoms with van der Waals surface area (Å²) in [6.45, 7) is 4.34. The Kier molecular flexibility index (Phi) is 3.32. The Morgan fingerprint density at radius 3 is 1.60 bits per heavy atom. The van der Waals surface area contributed by atoms with Crippen molar-refractivity contribution in [2.75, 3.05) is 13.3 Å². The van der Waals surface area contributed by atoms with E-state index in [4.69, 9.17) is 0 Å². The summed E-state index contributed by atoms with van der Waals surface area (Å²) in [4.78, 5) is 0. The van der Waals surface area contributed by atoms with Gasteiger partial charge >= 0.3 is 0 Å². The van der Waals surface area contributed by atoms with Gasteiger partial charge in [-0.25, -0.2) is 10.6 Å². The number of benzene rings is 1. The Hall–Kier alpha value is 0.0800. The minimum atomic E-state index is 1.37. The zero-order chi connectivity index (χ0) is 7.40. The van der Waals surface area contributed by atoms with Crippen LogP contribution in [-0.4, -0.2) is 13.3 Å². The van der Waals surface area contributed by atoms with Gasteiger partial charge in [-0.2, -0.15) is 13.3 Å². The van der Waals surface area contributed by atoms with E-state index in [1.807, 2.05) is 0 Å². The summed E-state index contributed by atoms with van der Waals surface area (Å²) in [6, 6.07) is 8.57. The second kappa shape index (κ2) is 4.06. The Labute approximate surface area is 66.0 Å². The fourth-order valence-corrected chi connectivity index (χ4v) is 2.52. The lowest BCUT2D eigenvalue weighted by Crippen LogP contribution is -2.13. The van der Waals surface area contributed by atoms with E-state index in [9.17, 15) is 0 Å². The van der Waals surface area contributed by atoms with Gasteiger partial charge in [0.15, 0.2) is 0 Å². The molecule has 0 saturated heterocycles. The van der Waals surface area contributed by atoms with E-state index in [1.165, 1.54) is 27.8 Å². The maximum Gasteiger partial charge on any atom is -0.0647 e. The van der Waals surface area contributed by atoms with E-state index in [0.29, 0.717) is 0 Å². The van der Waals surface area contributed by atoms with Crippen LogP contribution >= 0.6 is 17.2 Å². The summed E-state index contributed by atoms with van der Waals surface area (Å²) in [7, 11) is 2.74. The molecule has 54 valence electrons. The van der Waals surface area contributed by atoms with Crippen molar-refractivity contribution in [1.29, 1.82) is 0 Å². The van der Waals surface area contributed by atoms with Gasteiger partial charge in [-0.15, -0.1) is 0 Å². The summed E-state index contributed by atoms with van der Waals surface area (Å²) in [5.41, 5.74) is 0. The highest BCUT2D eigenvalue weighted by Crippen LogP contribution is 2.08. The van der Waals surface area contributed by atoms with Gasteiger partial charge in [-0.05, 0) is 0 Å². The molecule has 0 N–H and O–H groups in total. The van der Waals surface area contributed by atoms with E-state index in [0.717, 1.165) is 0 Å². The van der Waals surface area contributed by atoms with Gasteiger partial charge in [-0.1, -0.05) is 24.3 Å². The fourth-order valence-electron chi connectivity index (χ4n) is 0.842. The standard InChI is InChI=1S/C8H10P2/c1-9-7-5-3-4-6-8(7)10-2/h3-6H,1-2H3/q-2. The van der Waals surface area contributed by atoms with E-state index >= 15 is 0 Å². The minimum absolute atomic E-state index is 1.37. The molecule has 0 atom stereocenters. The van der Waals surface area contributed by atoms with E-state index in [2.05, 4.69) is 37.6 Å². The summed E-state index contributed by atoms with van der Waals surface area (Å²) in [6.07, 6.45) is 0. The highest BCUT2D eigenvalue weighted by atomic mass is 31.1. The normalized spacial score (nSPS) is 12.2. The molecule has 1 rings (SSSR count). The smallest absolute Gasteiger partial charge is 0.0647 e. The van der Waals surface area contributed by atoms with Gasteiger partial charge in [0.2, 0.25) is 0 Å². The van der Waals surface area contributed by atoms with Crippen LogP contribution in [-0.2, 0) is 0 Å². The van der Waals surface area contributed by atoms with Crippen molar-refractivity contribution < 1.29 is 0 Å². The summed E-state index contributed by atoms with van der Waals surface area (Å²) >= 11 is 0. The van der Waals surface area contributed by atoms with Gasteiger partial charge in [0.1, 0.15) is 0 Å². The molecule has 0 radical (unpaired) electrons. The summed E-state index contributed by atoms with van der Waals surface area (Å²) in [5, 5.41) is 2.90. The largest absolute Gasteiger partial charge is 0.512 e. The molecule has 0 heterocycles. The first-order valence-corrected chi connectivity index (χ1v) is 5.85. The van der Waals surface area contributed by atoms with Crippen LogP contribution in [0, 0.1) is 0 Å². The molecule has 0 aliphatic heterocycles. The monoisotopic (exact) mass is 168 g/mol. The molecule has 0 saturated carbocycles. The molecule has 0 aliphatic carbocycles. The van der Waals surface area contributed by atoms with Gasteiger partial charge in [0.05, 0.1) is 0 Å². The van der Waals surface area contributed by atoms with Crippen molar-refractivity contribution in [3.05, 3.63) is 24.3 Å². The van der Waals surface area contributed by atoms with Gasteiger partial charge in [0.25, 0.3) is 0 Å². The van der Waals surface area contributed by atoms with Crippen LogP contribution in [0.3, 0.4) is 0 Å². The third kappa shape index (κ3) is 1.78. The zero-order valence-corrected chi connectivity index (χ0v) is 7.99. The van der Waals surface area contributed by atoms with Crippen molar-refractivity contribution in [3.63, 3.8) is 0 Å². The molecule has 0 amide bonds. The first-order chi connectivity index (χ1) is 4.88. The molecule has 2 heteroatoms. The molecule has 0 spiro atoms. The number of hydrogen-bond donors (Lipinski definition) is 0. The first-order valence-electron chi connectivity index (χ1n) is 3.17. The SMILES string of the molecule is C[P-]c1ccccc1[P-]C. The maximum atomic E-state index is 2.19. The molecular formula is C8H10P2-2. The number of hydrogen-bond acceptors (Lipinski definition) is 0. The van der Waals surface area contributed by atoms with Crippen LogP contribution < -0.4 is 10.6 Å². The molecule has 1 aromatic carbocycles. The highest BCUT2D eigenvalue weighted by molar-refractivity contribution is 7.53. The second-order valence-corrected chi connectivity index (χ2v) is 3.79. The lowest BCUT2D eigenvalue weighted by molar-refractivity contribution is 1.83. The second-order valence-electron chi connectivity index (χ2n) is 1.94. The zero-order valence-electron chi connectivity index (χ0n) is 6.20. The third-order valence-corrected chi connectivity index (χ3v) is 3.28. The highest BCUT2D eigenvalue weighted by Gasteiger charge is 1.74. The van der Waals surface area contributed by atoms with Crippen LogP contribution in [0.15, 0.2) is 24.3 Å². The molecule has 0 unspecified atom stereocenters. The fraction of sp³-hybridized carbons (Fsp3) is 0.250. The Morgan fingerprint density at radius 2 is 1.30 bits per heavy atom. The summed E-state index contributed by atoms with van der Waals surface area (Å²) < 4.78 is 0. The Bertz CT molecular complexity index is 185. The van der Waals surface area contributed by atoms with Crippen molar-refractivity contribution in [3.8, 4) is 0 Å². The molecule has 0 aromatic heterocycles. The molecule has 0 nitrogen and oxygen atoms in total. The minimum Gasteiger partial charge on any atom is -0.512 e. The lowest BCUT2D eigenvalue weighted by atomic mass is 10.4. The van der Waals surface area contributed by atoms with Gasteiger partial charge in [0, 0.05) is 0 Å². The lowest BCUT2D eigenvalue weighted by Gasteiger charge is -2.25. The average Bonchev–Trinajstić information content (AvgIpc) is 2.04. The van der Waals surface area contributed by atoms with E-state index < -0.39 is 0 Å². The maximum absolute atomic E-state index is 2.19. The molecule has 1 aromatic rings. The summed E-state index contributed by atoms with van der Waals surface area (Å²) in [5.74, 6) is 0. The predicted molar refractivity (Wildman–Crippen MR) is 51.4 cm³/mol. The van der Waals surface area contributed by atoms with Crippen LogP contribution in [0.5, 0.6) is 0 Å². The third-order valence-electron chi connectivity index (χ3n) is 1.36. The molecular weight excluding hydrogens is 158 g/mol. The van der Waals surface area contributed by atoms with Crippen molar-refractivity contribution in [2.24, 2.45) is 0 Å². The molecule has 0 bridgehead atoms. The topological polar surface area (TPSA) is 0 Å². The van der Waals surface area contributed by atoms with E-state index in [1.54, 1.807) is 0 Å². The van der Waals surface area contributed by atoms with Gasteiger partial charge in [-0.3, -0.25) is 0 Å². The Balaban J connectivity index is 2.96. The Morgan fingerprint density at radius 1 is 0.900 bits per heavy atom. The van der Waals surface area contributed by atoms with Crippen LogP contribution in [0.4, 0.5) is 0 Å². The van der Waals surface area contributed by atoms with Crippen LogP contribution in [0.25, 0.3) is 0 Å². The van der Waals surface area contributed by atoms with Crippen molar-refractivity contribution >= 4 is 27.8 Å². The first kappa shape index (κ1) is 8.18. The predicted octanol–water partition coefficient (Wildman–Crippen LogP) is 2.09. The molecule has 0 aliphatic rings.